The highest BCUT2D eigenvalue weighted by atomic mass is 15.5. The molecule has 0 aromatic carbocycles. The van der Waals surface area contributed by atoms with Crippen LogP contribution in [0.15, 0.2) is 0 Å². The van der Waals surface area contributed by atoms with Crippen molar-refractivity contribution in [2.75, 3.05) is 20.1 Å². The van der Waals surface area contributed by atoms with Crippen molar-refractivity contribution >= 4 is 0 Å². The number of likely N-dealkylation sites (N-methyl/N-ethyl adjacent to an activating group) is 1. The molecular weight excluding hydrogens is 114 g/mol. The molecule has 3 rings (SSSR count). The Labute approximate surface area is 55.4 Å². The Balaban J connectivity index is 2.01. The van der Waals surface area contributed by atoms with Gasteiger partial charge < -0.3 is 4.90 Å². The van der Waals surface area contributed by atoms with Gasteiger partial charge in [-0.25, -0.2) is 5.01 Å². The maximum Gasteiger partial charge on any atom is 0.0387 e. The van der Waals surface area contributed by atoms with Crippen LogP contribution >= 0.6 is 0 Å². The number of hydrazine groups is 1. The van der Waals surface area contributed by atoms with Crippen LogP contribution in [0.4, 0.5) is 0 Å². The van der Waals surface area contributed by atoms with Gasteiger partial charge in [-0.1, -0.05) is 0 Å². The highest BCUT2D eigenvalue weighted by Gasteiger charge is 2.41. The van der Waals surface area contributed by atoms with Crippen LogP contribution in [0.2, 0.25) is 0 Å². The average molecular weight is 127 g/mol. The fraction of sp³-hybridized carbons (Fsp3) is 1.00. The number of piperidine rings is 1. The van der Waals surface area contributed by atoms with E-state index in [0.29, 0.717) is 12.1 Å². The highest BCUT2D eigenvalue weighted by molar-refractivity contribution is 4.96. The second-order valence-electron chi connectivity index (χ2n) is 3.21. The summed E-state index contributed by atoms with van der Waals surface area (Å²) in [6.45, 7) is 2.32. The average Bonchev–Trinajstić information content (AvgIpc) is 1.87. The molecule has 2 atom stereocenters. The van der Waals surface area contributed by atoms with Gasteiger partial charge in [0.25, 0.3) is 0 Å². The molecule has 3 heterocycles. The summed E-state index contributed by atoms with van der Waals surface area (Å²) in [6.07, 6.45) is 1.32. The van der Waals surface area contributed by atoms with Crippen molar-refractivity contribution in [3.05, 3.63) is 0 Å². The van der Waals surface area contributed by atoms with Gasteiger partial charge in [-0.05, 0) is 13.5 Å². The summed E-state index contributed by atoms with van der Waals surface area (Å²) in [5, 5.41) is 2.00. The standard InChI is InChI=1S/C6H13N3/c1-8-3-5-2-6(4-8)9(5)7/h5-6H,2-4,7H2,1H3. The highest BCUT2D eigenvalue weighted by Crippen LogP contribution is 2.27. The molecular formula is C6H13N3. The molecule has 3 fully saturated rings. The number of nitrogens with zero attached hydrogens (tertiary/aromatic N) is 2. The van der Waals surface area contributed by atoms with E-state index in [-0.39, 0.29) is 0 Å². The van der Waals surface area contributed by atoms with Crippen LogP contribution in [0.3, 0.4) is 0 Å². The zero-order valence-electron chi connectivity index (χ0n) is 5.75. The molecule has 3 nitrogen and oxygen atoms in total. The first-order chi connectivity index (χ1) is 4.27. The molecule has 3 heteroatoms. The van der Waals surface area contributed by atoms with Crippen LogP contribution in [0, 0.1) is 0 Å². The van der Waals surface area contributed by atoms with E-state index in [4.69, 9.17) is 5.84 Å². The molecule has 0 spiro atoms. The van der Waals surface area contributed by atoms with Gasteiger partial charge in [0, 0.05) is 25.2 Å². The van der Waals surface area contributed by atoms with E-state index in [2.05, 4.69) is 11.9 Å². The van der Waals surface area contributed by atoms with E-state index in [1.807, 2.05) is 5.01 Å². The number of rotatable bonds is 0. The van der Waals surface area contributed by atoms with Gasteiger partial charge in [-0.3, -0.25) is 5.84 Å². The first kappa shape index (κ1) is 5.65. The zero-order valence-corrected chi connectivity index (χ0v) is 5.75. The van der Waals surface area contributed by atoms with Crippen LogP contribution in [0.5, 0.6) is 0 Å². The van der Waals surface area contributed by atoms with Gasteiger partial charge in [0.2, 0.25) is 0 Å². The minimum Gasteiger partial charge on any atom is -0.303 e. The second kappa shape index (κ2) is 1.68. The normalized spacial score (nSPS) is 44.7. The van der Waals surface area contributed by atoms with Crippen LogP contribution in [0.1, 0.15) is 6.42 Å². The Kier molecular flexibility index (Phi) is 1.06. The summed E-state index contributed by atoms with van der Waals surface area (Å²) in [5.74, 6) is 5.70. The lowest BCUT2D eigenvalue weighted by molar-refractivity contribution is -0.0618. The summed E-state index contributed by atoms with van der Waals surface area (Å²) in [4.78, 5) is 2.35. The fourth-order valence-corrected chi connectivity index (χ4v) is 1.85. The first-order valence-electron chi connectivity index (χ1n) is 3.49. The monoisotopic (exact) mass is 127 g/mol. The van der Waals surface area contributed by atoms with Crippen molar-refractivity contribution < 1.29 is 0 Å². The molecule has 0 radical (unpaired) electrons. The predicted molar refractivity (Wildman–Crippen MR) is 35.7 cm³/mol. The Morgan fingerprint density at radius 3 is 2.22 bits per heavy atom. The van der Waals surface area contributed by atoms with Crippen molar-refractivity contribution in [1.29, 1.82) is 0 Å². The Hall–Kier alpha value is -0.120. The van der Waals surface area contributed by atoms with Crippen molar-refractivity contribution in [1.82, 2.24) is 9.91 Å². The topological polar surface area (TPSA) is 32.5 Å². The SMILES string of the molecule is CN1CC2CC(C1)N2N. The number of hydrogen-bond donors (Lipinski definition) is 1. The van der Waals surface area contributed by atoms with Gasteiger partial charge in [-0.2, -0.15) is 0 Å². The molecule has 2 N–H and O–H groups in total. The van der Waals surface area contributed by atoms with Crippen LogP contribution in [-0.2, 0) is 0 Å². The fourth-order valence-electron chi connectivity index (χ4n) is 1.85. The lowest BCUT2D eigenvalue weighted by atomic mass is 9.90. The van der Waals surface area contributed by atoms with E-state index < -0.39 is 0 Å². The summed E-state index contributed by atoms with van der Waals surface area (Å²) in [5.41, 5.74) is 0. The summed E-state index contributed by atoms with van der Waals surface area (Å²) in [6, 6.07) is 1.32. The first-order valence-corrected chi connectivity index (χ1v) is 3.49. The lowest BCUT2D eigenvalue weighted by Crippen LogP contribution is -2.70. The molecule has 3 aliphatic rings. The largest absolute Gasteiger partial charge is 0.303 e. The quantitative estimate of drug-likeness (QED) is 0.434. The predicted octanol–water partition coefficient (Wildman–Crippen LogP) is -0.752. The van der Waals surface area contributed by atoms with Crippen LogP contribution in [0.25, 0.3) is 0 Å². The number of fused-ring (bicyclic) bond motifs is 2. The Morgan fingerprint density at radius 2 is 1.89 bits per heavy atom. The third kappa shape index (κ3) is 0.689. The van der Waals surface area contributed by atoms with Gasteiger partial charge >= 0.3 is 0 Å². The Morgan fingerprint density at radius 1 is 1.33 bits per heavy atom. The summed E-state index contributed by atoms with van der Waals surface area (Å²) in [7, 11) is 2.16. The van der Waals surface area contributed by atoms with Crippen molar-refractivity contribution in [2.45, 2.75) is 18.5 Å². The van der Waals surface area contributed by atoms with Crippen LogP contribution < -0.4 is 5.84 Å². The number of nitrogens with two attached hydrogens (primary N) is 1. The lowest BCUT2D eigenvalue weighted by Gasteiger charge is -2.53. The van der Waals surface area contributed by atoms with Crippen LogP contribution in [-0.4, -0.2) is 42.1 Å². The molecule has 2 bridgehead atoms. The Bertz CT molecular complexity index is 113. The third-order valence-corrected chi connectivity index (χ3v) is 2.43. The minimum absolute atomic E-state index is 0.661. The van der Waals surface area contributed by atoms with E-state index in [1.54, 1.807) is 0 Å². The molecule has 2 unspecified atom stereocenters. The molecule has 0 aliphatic carbocycles. The van der Waals surface area contributed by atoms with Gasteiger partial charge in [-0.15, -0.1) is 0 Å². The molecule has 3 aliphatic heterocycles. The zero-order chi connectivity index (χ0) is 6.43. The summed E-state index contributed by atoms with van der Waals surface area (Å²) >= 11 is 0. The van der Waals surface area contributed by atoms with Gasteiger partial charge in [0.15, 0.2) is 0 Å². The van der Waals surface area contributed by atoms with Crippen molar-refractivity contribution in [3.63, 3.8) is 0 Å². The van der Waals surface area contributed by atoms with E-state index in [9.17, 15) is 0 Å². The molecule has 0 aromatic rings. The second-order valence-corrected chi connectivity index (χ2v) is 3.21. The minimum atomic E-state index is 0.661. The van der Waals surface area contributed by atoms with E-state index in [1.165, 1.54) is 6.42 Å². The maximum absolute atomic E-state index is 5.70. The van der Waals surface area contributed by atoms with Gasteiger partial charge in [0.05, 0.1) is 0 Å². The number of piperazine rings is 1. The van der Waals surface area contributed by atoms with E-state index in [0.717, 1.165) is 13.1 Å². The molecule has 9 heavy (non-hydrogen) atoms. The maximum atomic E-state index is 5.70. The van der Waals surface area contributed by atoms with Crippen molar-refractivity contribution in [2.24, 2.45) is 5.84 Å². The van der Waals surface area contributed by atoms with Gasteiger partial charge in [0.1, 0.15) is 0 Å². The third-order valence-electron chi connectivity index (χ3n) is 2.43. The molecule has 0 saturated carbocycles. The molecule has 0 amide bonds. The summed E-state index contributed by atoms with van der Waals surface area (Å²) < 4.78 is 0. The molecule has 52 valence electrons. The van der Waals surface area contributed by atoms with Crippen molar-refractivity contribution in [3.8, 4) is 0 Å². The molecule has 0 aromatic heterocycles. The smallest absolute Gasteiger partial charge is 0.0387 e. The van der Waals surface area contributed by atoms with E-state index >= 15 is 0 Å². The molecule has 3 saturated heterocycles. The number of hydrogen-bond acceptors (Lipinski definition) is 3.